The van der Waals surface area contributed by atoms with Crippen LogP contribution < -0.4 is 4.74 Å². The second-order valence-corrected chi connectivity index (χ2v) is 4.11. The molecule has 0 aliphatic rings. The lowest BCUT2D eigenvalue weighted by molar-refractivity contribution is -0.0498. The van der Waals surface area contributed by atoms with E-state index in [2.05, 4.69) is 4.74 Å². The Balaban J connectivity index is 3.05. The Morgan fingerprint density at radius 3 is 2.46 bits per heavy atom. The molecule has 0 spiro atoms. The predicted octanol–water partition coefficient (Wildman–Crippen LogP) is 4.20. The summed E-state index contributed by atoms with van der Waals surface area (Å²) < 4.78 is 28.5. The molecule has 1 rings (SSSR count). The molecule has 1 aromatic carbocycles. The summed E-state index contributed by atoms with van der Waals surface area (Å²) in [6, 6.07) is 2.95. The zero-order chi connectivity index (χ0) is 10.0. The van der Waals surface area contributed by atoms with Gasteiger partial charge in [-0.2, -0.15) is 8.78 Å². The monoisotopic (exact) mass is 338 g/mol. The SMILES string of the molecule is FC(F)Oc1cc(I)cc(Cl)c1Cl. The van der Waals surface area contributed by atoms with Gasteiger partial charge in [0.15, 0.2) is 0 Å². The van der Waals surface area contributed by atoms with Crippen molar-refractivity contribution in [3.05, 3.63) is 25.7 Å². The topological polar surface area (TPSA) is 9.23 Å². The van der Waals surface area contributed by atoms with Crippen molar-refractivity contribution in [2.45, 2.75) is 6.61 Å². The van der Waals surface area contributed by atoms with Gasteiger partial charge in [-0.05, 0) is 34.7 Å². The van der Waals surface area contributed by atoms with E-state index < -0.39 is 6.61 Å². The molecule has 72 valence electrons. The Bertz CT molecular complexity index is 320. The Morgan fingerprint density at radius 1 is 1.31 bits per heavy atom. The molecule has 0 radical (unpaired) electrons. The van der Waals surface area contributed by atoms with Crippen molar-refractivity contribution in [1.29, 1.82) is 0 Å². The van der Waals surface area contributed by atoms with E-state index in [1.807, 2.05) is 22.6 Å². The van der Waals surface area contributed by atoms with E-state index in [1.165, 1.54) is 6.07 Å². The van der Waals surface area contributed by atoms with Crippen molar-refractivity contribution in [2.24, 2.45) is 0 Å². The molecular weight excluding hydrogens is 336 g/mol. The molecule has 1 aromatic rings. The Morgan fingerprint density at radius 2 is 1.92 bits per heavy atom. The number of hydrogen-bond donors (Lipinski definition) is 0. The van der Waals surface area contributed by atoms with Gasteiger partial charge >= 0.3 is 6.61 Å². The standard InChI is InChI=1S/C7H3Cl2F2IO/c8-4-1-3(12)2-5(6(4)9)13-7(10)11/h1-2,7H. The zero-order valence-electron chi connectivity index (χ0n) is 6.03. The normalized spacial score (nSPS) is 10.6. The van der Waals surface area contributed by atoms with Gasteiger partial charge in [0.25, 0.3) is 0 Å². The molecule has 0 fully saturated rings. The van der Waals surface area contributed by atoms with Gasteiger partial charge in [0.1, 0.15) is 10.8 Å². The van der Waals surface area contributed by atoms with Gasteiger partial charge in [-0.3, -0.25) is 0 Å². The van der Waals surface area contributed by atoms with Crippen LogP contribution in [0.4, 0.5) is 8.78 Å². The van der Waals surface area contributed by atoms with Crippen LogP contribution >= 0.6 is 45.8 Å². The number of halogens is 5. The minimum atomic E-state index is -2.90. The third kappa shape index (κ3) is 3.11. The minimum absolute atomic E-state index is 0.00221. The highest BCUT2D eigenvalue weighted by molar-refractivity contribution is 14.1. The van der Waals surface area contributed by atoms with Crippen molar-refractivity contribution >= 4 is 45.8 Å². The molecule has 13 heavy (non-hydrogen) atoms. The van der Waals surface area contributed by atoms with E-state index in [-0.39, 0.29) is 15.8 Å². The van der Waals surface area contributed by atoms with Crippen molar-refractivity contribution < 1.29 is 13.5 Å². The van der Waals surface area contributed by atoms with E-state index >= 15 is 0 Å². The predicted molar refractivity (Wildman–Crippen MR) is 55.8 cm³/mol. The van der Waals surface area contributed by atoms with E-state index in [0.29, 0.717) is 3.57 Å². The Labute approximate surface area is 97.1 Å². The third-order valence-electron chi connectivity index (χ3n) is 1.18. The molecule has 0 saturated carbocycles. The molecule has 0 aliphatic carbocycles. The van der Waals surface area contributed by atoms with Crippen LogP contribution in [0.2, 0.25) is 10.0 Å². The highest BCUT2D eigenvalue weighted by Gasteiger charge is 2.12. The maximum Gasteiger partial charge on any atom is 0.387 e. The second kappa shape index (κ2) is 4.61. The van der Waals surface area contributed by atoms with Gasteiger partial charge in [-0.1, -0.05) is 23.2 Å². The second-order valence-electron chi connectivity index (χ2n) is 2.08. The molecular formula is C7H3Cl2F2IO. The lowest BCUT2D eigenvalue weighted by Gasteiger charge is -2.07. The fraction of sp³-hybridized carbons (Fsp3) is 0.143. The van der Waals surface area contributed by atoms with Gasteiger partial charge in [0, 0.05) is 3.57 Å². The fourth-order valence-electron chi connectivity index (χ4n) is 0.714. The first-order chi connectivity index (χ1) is 6.00. The smallest absolute Gasteiger partial charge is 0.387 e. The number of hydrogen-bond acceptors (Lipinski definition) is 1. The molecule has 1 nitrogen and oxygen atoms in total. The quantitative estimate of drug-likeness (QED) is 0.580. The molecule has 0 aromatic heterocycles. The molecule has 0 atom stereocenters. The van der Waals surface area contributed by atoms with Crippen LogP contribution in [0.5, 0.6) is 5.75 Å². The van der Waals surface area contributed by atoms with Crippen LogP contribution in [0.3, 0.4) is 0 Å². The van der Waals surface area contributed by atoms with Gasteiger partial charge in [-0.25, -0.2) is 0 Å². The average Bonchev–Trinajstić information content (AvgIpc) is 1.98. The third-order valence-corrected chi connectivity index (χ3v) is 2.58. The van der Waals surface area contributed by atoms with E-state index in [0.717, 1.165) is 0 Å². The minimum Gasteiger partial charge on any atom is -0.433 e. The number of ether oxygens (including phenoxy) is 1. The number of rotatable bonds is 2. The average molecular weight is 339 g/mol. The lowest BCUT2D eigenvalue weighted by Crippen LogP contribution is -2.02. The fourth-order valence-corrected chi connectivity index (χ4v) is 1.86. The summed E-state index contributed by atoms with van der Waals surface area (Å²) in [6.07, 6.45) is 0. The van der Waals surface area contributed by atoms with Gasteiger partial charge < -0.3 is 4.74 Å². The summed E-state index contributed by atoms with van der Waals surface area (Å²) in [5.41, 5.74) is 0. The molecule has 0 bridgehead atoms. The van der Waals surface area contributed by atoms with Crippen molar-refractivity contribution in [3.8, 4) is 5.75 Å². The molecule has 0 N–H and O–H groups in total. The summed E-state index contributed by atoms with van der Waals surface area (Å²) in [5.74, 6) is -0.103. The zero-order valence-corrected chi connectivity index (χ0v) is 9.70. The molecule has 0 unspecified atom stereocenters. The lowest BCUT2D eigenvalue weighted by atomic mass is 10.3. The van der Waals surface area contributed by atoms with Crippen LogP contribution in [0, 0.1) is 3.57 Å². The molecule has 0 heterocycles. The molecule has 0 saturated heterocycles. The van der Waals surface area contributed by atoms with Crippen LogP contribution in [-0.2, 0) is 0 Å². The summed E-state index contributed by atoms with van der Waals surface area (Å²) in [4.78, 5) is 0. The first-order valence-corrected chi connectivity index (χ1v) is 4.93. The first kappa shape index (κ1) is 11.3. The van der Waals surface area contributed by atoms with Crippen molar-refractivity contribution in [2.75, 3.05) is 0 Å². The van der Waals surface area contributed by atoms with Crippen LogP contribution in [-0.4, -0.2) is 6.61 Å². The van der Waals surface area contributed by atoms with Crippen LogP contribution in [0.25, 0.3) is 0 Å². The van der Waals surface area contributed by atoms with E-state index in [4.69, 9.17) is 23.2 Å². The summed E-state index contributed by atoms with van der Waals surface area (Å²) in [6.45, 7) is -2.90. The van der Waals surface area contributed by atoms with E-state index in [1.54, 1.807) is 6.07 Å². The maximum absolute atomic E-state index is 11.8. The van der Waals surface area contributed by atoms with Gasteiger partial charge in [0.2, 0.25) is 0 Å². The highest BCUT2D eigenvalue weighted by atomic mass is 127. The molecule has 0 aliphatic heterocycles. The first-order valence-electron chi connectivity index (χ1n) is 3.10. The summed E-state index contributed by atoms with van der Waals surface area (Å²) in [7, 11) is 0. The summed E-state index contributed by atoms with van der Waals surface area (Å²) >= 11 is 13.2. The Hall–Kier alpha value is 0.190. The van der Waals surface area contributed by atoms with Gasteiger partial charge in [0.05, 0.1) is 5.02 Å². The van der Waals surface area contributed by atoms with Crippen LogP contribution in [0.15, 0.2) is 12.1 Å². The Kier molecular flexibility index (Phi) is 4.00. The maximum atomic E-state index is 11.8. The van der Waals surface area contributed by atoms with Gasteiger partial charge in [-0.15, -0.1) is 0 Å². The number of benzene rings is 1. The number of alkyl halides is 2. The largest absolute Gasteiger partial charge is 0.433 e. The molecule has 6 heteroatoms. The highest BCUT2D eigenvalue weighted by Crippen LogP contribution is 2.34. The molecule has 0 amide bonds. The van der Waals surface area contributed by atoms with E-state index in [9.17, 15) is 8.78 Å². The van der Waals surface area contributed by atoms with Crippen LogP contribution in [0.1, 0.15) is 0 Å². The van der Waals surface area contributed by atoms with Crippen molar-refractivity contribution in [3.63, 3.8) is 0 Å². The van der Waals surface area contributed by atoms with Crippen molar-refractivity contribution in [1.82, 2.24) is 0 Å². The summed E-state index contributed by atoms with van der Waals surface area (Å²) in [5, 5.41) is 0.201.